The van der Waals surface area contributed by atoms with E-state index in [1.807, 2.05) is 50.4 Å². The van der Waals surface area contributed by atoms with Crippen molar-refractivity contribution >= 4 is 39.8 Å². The number of nitrogens with zero attached hydrogens (tertiary/aromatic N) is 3. The van der Waals surface area contributed by atoms with Crippen molar-refractivity contribution in [3.8, 4) is 5.75 Å². The van der Waals surface area contributed by atoms with E-state index in [1.165, 1.54) is 17.8 Å². The lowest BCUT2D eigenvalue weighted by Gasteiger charge is -2.17. The maximum Gasteiger partial charge on any atom is 0.165 e. The molecule has 0 bridgehead atoms. The first-order valence-electron chi connectivity index (χ1n) is 9.67. The van der Waals surface area contributed by atoms with Crippen LogP contribution in [0.2, 0.25) is 5.02 Å². The molecular formula is C23H25ClFN3O2S. The van der Waals surface area contributed by atoms with Crippen LogP contribution in [0.5, 0.6) is 5.75 Å². The van der Waals surface area contributed by atoms with Crippen molar-refractivity contribution in [2.24, 2.45) is 9.98 Å². The van der Waals surface area contributed by atoms with Gasteiger partial charge in [-0.25, -0.2) is 14.4 Å². The molecule has 3 rings (SSSR count). The first kappa shape index (κ1) is 23.3. The Balaban J connectivity index is 2.29. The quantitative estimate of drug-likeness (QED) is 0.530. The van der Waals surface area contributed by atoms with E-state index >= 15 is 0 Å². The first-order valence-corrected chi connectivity index (χ1v) is 11.3. The summed E-state index contributed by atoms with van der Waals surface area (Å²) in [5.41, 5.74) is 4.04. The minimum Gasteiger partial charge on any atom is -0.488 e. The monoisotopic (exact) mass is 461 g/mol. The standard InChI is InChI=1S/C23H25ClFN3O2S/c1-14(28(2)3)21-23(31-5)26-19-13-20(30-11-10-29-4)18(25)12-16(19)22(27-21)15-8-6-7-9-17(15)24/h6-9,12-13H,10-11H2,1-5H3. The molecule has 0 spiro atoms. The van der Waals surface area contributed by atoms with E-state index in [1.54, 1.807) is 19.2 Å². The highest BCUT2D eigenvalue weighted by Crippen LogP contribution is 2.37. The second kappa shape index (κ2) is 10.3. The van der Waals surface area contributed by atoms with Crippen LogP contribution in [0.3, 0.4) is 0 Å². The number of thioether (sulfide) groups is 1. The fourth-order valence-electron chi connectivity index (χ4n) is 3.00. The van der Waals surface area contributed by atoms with Crippen LogP contribution in [0, 0.1) is 5.82 Å². The molecule has 0 aromatic heterocycles. The summed E-state index contributed by atoms with van der Waals surface area (Å²) < 4.78 is 25.5. The zero-order valence-corrected chi connectivity index (χ0v) is 19.8. The van der Waals surface area contributed by atoms with Gasteiger partial charge in [0.15, 0.2) is 11.6 Å². The highest BCUT2D eigenvalue weighted by molar-refractivity contribution is 8.13. The summed E-state index contributed by atoms with van der Waals surface area (Å²) in [7, 11) is 5.47. The molecule has 1 heterocycles. The van der Waals surface area contributed by atoms with Crippen molar-refractivity contribution in [3.63, 3.8) is 0 Å². The number of fused-ring (bicyclic) bond motifs is 1. The predicted molar refractivity (Wildman–Crippen MR) is 128 cm³/mol. The van der Waals surface area contributed by atoms with Gasteiger partial charge < -0.3 is 14.4 Å². The Kier molecular flexibility index (Phi) is 7.75. The number of hydrogen-bond acceptors (Lipinski definition) is 6. The number of benzene rings is 2. The fraction of sp³-hybridized carbons (Fsp3) is 0.304. The fourth-order valence-corrected chi connectivity index (χ4v) is 3.80. The van der Waals surface area contributed by atoms with Crippen LogP contribution in [0.15, 0.2) is 57.8 Å². The van der Waals surface area contributed by atoms with Crippen LogP contribution in [0.4, 0.5) is 10.1 Å². The highest BCUT2D eigenvalue weighted by Gasteiger charge is 2.24. The normalized spacial score (nSPS) is 14.9. The molecule has 5 nitrogen and oxygen atoms in total. The Labute approximate surface area is 191 Å². The lowest BCUT2D eigenvalue weighted by atomic mass is 10.00. The van der Waals surface area contributed by atoms with Gasteiger partial charge in [-0.1, -0.05) is 29.8 Å². The second-order valence-electron chi connectivity index (χ2n) is 7.03. The average molecular weight is 462 g/mol. The lowest BCUT2D eigenvalue weighted by molar-refractivity contribution is 0.144. The van der Waals surface area contributed by atoms with Gasteiger partial charge in [-0.15, -0.1) is 11.8 Å². The Bertz CT molecular complexity index is 1070. The molecule has 0 fully saturated rings. The summed E-state index contributed by atoms with van der Waals surface area (Å²) in [5, 5.41) is 1.26. The van der Waals surface area contributed by atoms with Gasteiger partial charge in [-0.2, -0.15) is 0 Å². The molecule has 0 saturated heterocycles. The van der Waals surface area contributed by atoms with Crippen molar-refractivity contribution in [3.05, 3.63) is 69.8 Å². The molecule has 0 aliphatic carbocycles. The topological polar surface area (TPSA) is 46.4 Å². The van der Waals surface area contributed by atoms with Crippen LogP contribution in [-0.2, 0) is 4.74 Å². The van der Waals surface area contributed by atoms with E-state index in [4.69, 9.17) is 31.1 Å². The molecule has 2 aromatic carbocycles. The van der Waals surface area contributed by atoms with E-state index in [0.717, 1.165) is 10.7 Å². The summed E-state index contributed by atoms with van der Waals surface area (Å²) in [6, 6.07) is 10.4. The molecule has 0 saturated carbocycles. The summed E-state index contributed by atoms with van der Waals surface area (Å²) in [6.07, 6.45) is 1.94. The molecule has 8 heteroatoms. The molecule has 0 N–H and O–H groups in total. The van der Waals surface area contributed by atoms with Gasteiger partial charge >= 0.3 is 0 Å². The van der Waals surface area contributed by atoms with Crippen LogP contribution in [-0.4, -0.2) is 56.3 Å². The van der Waals surface area contributed by atoms with Crippen LogP contribution < -0.4 is 4.74 Å². The average Bonchev–Trinajstić information content (AvgIpc) is 2.90. The van der Waals surface area contributed by atoms with Gasteiger partial charge in [-0.05, 0) is 25.3 Å². The first-order chi connectivity index (χ1) is 14.9. The summed E-state index contributed by atoms with van der Waals surface area (Å²) >= 11 is 7.99. The van der Waals surface area contributed by atoms with Crippen molar-refractivity contribution < 1.29 is 13.9 Å². The maximum atomic E-state index is 15.0. The Hall–Kier alpha value is -2.35. The lowest BCUT2D eigenvalue weighted by Crippen LogP contribution is -2.14. The molecule has 1 aliphatic heterocycles. The van der Waals surface area contributed by atoms with Crippen LogP contribution in [0.25, 0.3) is 0 Å². The Morgan fingerprint density at radius 3 is 2.52 bits per heavy atom. The molecule has 0 amide bonds. The van der Waals surface area contributed by atoms with Gasteiger partial charge in [0.2, 0.25) is 0 Å². The zero-order chi connectivity index (χ0) is 22.5. The third-order valence-electron chi connectivity index (χ3n) is 4.83. The molecule has 0 unspecified atom stereocenters. The molecule has 0 radical (unpaired) electrons. The SMILES string of the molecule is COCCOc1cc2c(cc1F)C(c1ccccc1Cl)=NC(=C(C)N(C)C)C(SC)=N2. The van der Waals surface area contributed by atoms with E-state index in [0.29, 0.717) is 39.9 Å². The van der Waals surface area contributed by atoms with Gasteiger partial charge in [0.25, 0.3) is 0 Å². The molecule has 2 aromatic rings. The predicted octanol–water partition coefficient (Wildman–Crippen LogP) is 5.54. The van der Waals surface area contributed by atoms with Gasteiger partial charge in [0.05, 0.1) is 18.0 Å². The van der Waals surface area contributed by atoms with Crippen LogP contribution >= 0.6 is 23.4 Å². The Morgan fingerprint density at radius 2 is 1.87 bits per heavy atom. The highest BCUT2D eigenvalue weighted by atomic mass is 35.5. The third kappa shape index (κ3) is 5.11. The van der Waals surface area contributed by atoms with E-state index in [-0.39, 0.29) is 12.4 Å². The van der Waals surface area contributed by atoms with Crippen molar-refractivity contribution in [2.75, 3.05) is 40.7 Å². The number of aliphatic imine (C=N–C) groups is 2. The second-order valence-corrected chi connectivity index (χ2v) is 8.23. The summed E-state index contributed by atoms with van der Waals surface area (Å²) in [5.74, 6) is -0.373. The molecule has 31 heavy (non-hydrogen) atoms. The van der Waals surface area contributed by atoms with E-state index < -0.39 is 5.82 Å². The number of methoxy groups -OCH3 is 1. The minimum atomic E-state index is -0.493. The number of allylic oxidation sites excluding steroid dienone is 1. The van der Waals surface area contributed by atoms with Crippen LogP contribution in [0.1, 0.15) is 18.1 Å². The maximum absolute atomic E-state index is 15.0. The number of ether oxygens (including phenoxy) is 2. The molecule has 164 valence electrons. The van der Waals surface area contributed by atoms with Gasteiger partial charge in [-0.3, -0.25) is 0 Å². The van der Waals surface area contributed by atoms with Crippen molar-refractivity contribution in [1.29, 1.82) is 0 Å². The van der Waals surface area contributed by atoms with Gasteiger partial charge in [0, 0.05) is 49.1 Å². The number of halogens is 2. The summed E-state index contributed by atoms with van der Waals surface area (Å²) in [4.78, 5) is 11.8. The van der Waals surface area contributed by atoms with E-state index in [2.05, 4.69) is 0 Å². The zero-order valence-electron chi connectivity index (χ0n) is 18.2. The molecule has 1 aliphatic rings. The Morgan fingerprint density at radius 1 is 1.13 bits per heavy atom. The van der Waals surface area contributed by atoms with E-state index in [9.17, 15) is 4.39 Å². The van der Waals surface area contributed by atoms with Crippen molar-refractivity contribution in [2.45, 2.75) is 6.92 Å². The minimum absolute atomic E-state index is 0.121. The largest absolute Gasteiger partial charge is 0.488 e. The number of rotatable bonds is 6. The van der Waals surface area contributed by atoms with Gasteiger partial charge in [0.1, 0.15) is 17.3 Å². The molecular weight excluding hydrogens is 437 g/mol. The summed E-state index contributed by atoms with van der Waals surface area (Å²) in [6.45, 7) is 2.57. The number of hydrogen-bond donors (Lipinski definition) is 0. The third-order valence-corrected chi connectivity index (χ3v) is 5.84. The smallest absolute Gasteiger partial charge is 0.165 e. The van der Waals surface area contributed by atoms with Crippen molar-refractivity contribution in [1.82, 2.24) is 4.90 Å². The molecule has 0 atom stereocenters.